The van der Waals surface area contributed by atoms with Crippen LogP contribution in [0.3, 0.4) is 0 Å². The molecule has 1 aliphatic rings. The van der Waals surface area contributed by atoms with E-state index >= 15 is 0 Å². The van der Waals surface area contributed by atoms with Crippen molar-refractivity contribution in [3.8, 4) is 5.75 Å². The van der Waals surface area contributed by atoms with Gasteiger partial charge in [0.15, 0.2) is 0 Å². The summed E-state index contributed by atoms with van der Waals surface area (Å²) in [5, 5.41) is 7.25. The zero-order chi connectivity index (χ0) is 18.4. The third-order valence-electron chi connectivity index (χ3n) is 4.39. The zero-order valence-corrected chi connectivity index (χ0v) is 16.1. The molecular weight excluding hydrogens is 348 g/mol. The SMILES string of the molecule is COc1ccc(Cl)cc1Nc1cc(C)nc(NCCC2=CCCCC2)n1. The first-order valence-corrected chi connectivity index (χ1v) is 9.40. The Balaban J connectivity index is 1.67. The lowest BCUT2D eigenvalue weighted by molar-refractivity contribution is 0.417. The highest BCUT2D eigenvalue weighted by molar-refractivity contribution is 6.31. The van der Waals surface area contributed by atoms with Crippen LogP contribution in [0.1, 0.15) is 37.8 Å². The molecule has 0 amide bonds. The fraction of sp³-hybridized carbons (Fsp3) is 0.400. The Kier molecular flexibility index (Phi) is 6.34. The molecule has 0 radical (unpaired) electrons. The molecule has 2 N–H and O–H groups in total. The van der Waals surface area contributed by atoms with E-state index in [1.54, 1.807) is 18.7 Å². The van der Waals surface area contributed by atoms with E-state index in [2.05, 4.69) is 26.7 Å². The molecule has 6 heteroatoms. The van der Waals surface area contributed by atoms with Gasteiger partial charge in [0.05, 0.1) is 12.8 Å². The third kappa shape index (κ3) is 5.11. The number of aryl methyl sites for hydroxylation is 1. The van der Waals surface area contributed by atoms with E-state index in [1.165, 1.54) is 25.7 Å². The first kappa shape index (κ1) is 18.5. The van der Waals surface area contributed by atoms with Crippen molar-refractivity contribution in [1.29, 1.82) is 0 Å². The molecule has 2 aromatic rings. The second-order valence-corrected chi connectivity index (χ2v) is 6.91. The van der Waals surface area contributed by atoms with Crippen molar-refractivity contribution >= 4 is 29.1 Å². The molecule has 5 nitrogen and oxygen atoms in total. The van der Waals surface area contributed by atoms with Crippen LogP contribution in [0.5, 0.6) is 5.75 Å². The zero-order valence-electron chi connectivity index (χ0n) is 15.3. The Bertz CT molecular complexity index is 791. The normalized spacial score (nSPS) is 13.9. The maximum absolute atomic E-state index is 6.10. The van der Waals surface area contributed by atoms with E-state index in [0.29, 0.717) is 22.5 Å². The number of nitrogens with one attached hydrogen (secondary N) is 2. The molecule has 0 atom stereocenters. The van der Waals surface area contributed by atoms with Crippen LogP contribution >= 0.6 is 11.6 Å². The predicted molar refractivity (Wildman–Crippen MR) is 108 cm³/mol. The summed E-state index contributed by atoms with van der Waals surface area (Å²) in [6, 6.07) is 7.34. The monoisotopic (exact) mass is 372 g/mol. The highest BCUT2D eigenvalue weighted by Crippen LogP contribution is 2.30. The number of ether oxygens (including phenoxy) is 1. The topological polar surface area (TPSA) is 59.1 Å². The average Bonchev–Trinajstić information content (AvgIpc) is 2.62. The summed E-state index contributed by atoms with van der Waals surface area (Å²) < 4.78 is 5.38. The van der Waals surface area contributed by atoms with Gasteiger partial charge >= 0.3 is 0 Å². The fourth-order valence-electron chi connectivity index (χ4n) is 3.09. The van der Waals surface area contributed by atoms with Gasteiger partial charge < -0.3 is 15.4 Å². The molecule has 1 aliphatic carbocycles. The lowest BCUT2D eigenvalue weighted by atomic mass is 9.97. The lowest BCUT2D eigenvalue weighted by Gasteiger charge is -2.14. The Hall–Kier alpha value is -2.27. The summed E-state index contributed by atoms with van der Waals surface area (Å²) in [5.74, 6) is 2.05. The van der Waals surface area contributed by atoms with Gasteiger partial charge in [0.25, 0.3) is 0 Å². The van der Waals surface area contributed by atoms with Gasteiger partial charge in [0.2, 0.25) is 5.95 Å². The van der Waals surface area contributed by atoms with E-state index in [1.807, 2.05) is 25.1 Å². The first-order chi connectivity index (χ1) is 12.6. The molecule has 3 rings (SSSR count). The number of hydrogen-bond acceptors (Lipinski definition) is 5. The molecule has 1 aromatic carbocycles. The summed E-state index contributed by atoms with van der Waals surface area (Å²) in [4.78, 5) is 9.04. The number of nitrogens with zero attached hydrogens (tertiary/aromatic N) is 2. The molecule has 0 saturated carbocycles. The van der Waals surface area contributed by atoms with Crippen LogP contribution in [0.4, 0.5) is 17.5 Å². The fourth-order valence-corrected chi connectivity index (χ4v) is 3.27. The summed E-state index contributed by atoms with van der Waals surface area (Å²) in [5.41, 5.74) is 3.21. The van der Waals surface area contributed by atoms with E-state index < -0.39 is 0 Å². The van der Waals surface area contributed by atoms with E-state index in [0.717, 1.165) is 24.3 Å². The maximum Gasteiger partial charge on any atom is 0.224 e. The standard InChI is InChI=1S/C20H25ClN4O/c1-14-12-19(24-17-13-16(21)8-9-18(17)26-2)25-20(23-14)22-11-10-15-6-4-3-5-7-15/h6,8-9,12-13H,3-5,7,10-11H2,1-2H3,(H2,22,23,24,25). The van der Waals surface area contributed by atoms with Gasteiger partial charge in [-0.1, -0.05) is 23.3 Å². The molecule has 0 bridgehead atoms. The number of anilines is 3. The van der Waals surface area contributed by atoms with Crippen LogP contribution in [0.25, 0.3) is 0 Å². The van der Waals surface area contributed by atoms with Crippen molar-refractivity contribution in [1.82, 2.24) is 9.97 Å². The summed E-state index contributed by atoms with van der Waals surface area (Å²) in [6.45, 7) is 2.80. The van der Waals surface area contributed by atoms with E-state index in [-0.39, 0.29) is 0 Å². The second kappa shape index (κ2) is 8.90. The number of aromatic nitrogens is 2. The second-order valence-electron chi connectivity index (χ2n) is 6.47. The third-order valence-corrected chi connectivity index (χ3v) is 4.63. The molecule has 0 fully saturated rings. The van der Waals surface area contributed by atoms with Gasteiger partial charge in [0.1, 0.15) is 11.6 Å². The van der Waals surface area contributed by atoms with Gasteiger partial charge in [-0.05, 0) is 57.2 Å². The minimum atomic E-state index is 0.630. The number of halogens is 1. The van der Waals surface area contributed by atoms with Crippen molar-refractivity contribution in [2.24, 2.45) is 0 Å². The van der Waals surface area contributed by atoms with Gasteiger partial charge in [-0.2, -0.15) is 4.98 Å². The van der Waals surface area contributed by atoms with Gasteiger partial charge in [-0.3, -0.25) is 0 Å². The minimum Gasteiger partial charge on any atom is -0.495 e. The molecule has 1 aromatic heterocycles. The number of methoxy groups -OCH3 is 1. The molecule has 0 aliphatic heterocycles. The summed E-state index contributed by atoms with van der Waals surface area (Å²) >= 11 is 6.10. The van der Waals surface area contributed by atoms with Crippen molar-refractivity contribution in [2.75, 3.05) is 24.3 Å². The van der Waals surface area contributed by atoms with Gasteiger partial charge in [0, 0.05) is 23.3 Å². The van der Waals surface area contributed by atoms with Crippen molar-refractivity contribution in [3.05, 3.63) is 46.6 Å². The van der Waals surface area contributed by atoms with Gasteiger partial charge in [-0.25, -0.2) is 4.98 Å². The molecule has 1 heterocycles. The Morgan fingerprint density at radius 2 is 2.08 bits per heavy atom. The number of allylic oxidation sites excluding steroid dienone is 1. The summed E-state index contributed by atoms with van der Waals surface area (Å²) in [6.07, 6.45) is 8.48. The molecular formula is C20H25ClN4O. The average molecular weight is 373 g/mol. The number of hydrogen-bond donors (Lipinski definition) is 2. The molecule has 138 valence electrons. The lowest BCUT2D eigenvalue weighted by Crippen LogP contribution is -2.09. The Morgan fingerprint density at radius 3 is 2.85 bits per heavy atom. The van der Waals surface area contributed by atoms with Crippen LogP contribution < -0.4 is 15.4 Å². The van der Waals surface area contributed by atoms with Crippen LogP contribution in [0.15, 0.2) is 35.9 Å². The molecule has 26 heavy (non-hydrogen) atoms. The van der Waals surface area contributed by atoms with Crippen LogP contribution in [-0.4, -0.2) is 23.6 Å². The Labute approximate surface area is 159 Å². The highest BCUT2D eigenvalue weighted by atomic mass is 35.5. The first-order valence-electron chi connectivity index (χ1n) is 9.02. The quantitative estimate of drug-likeness (QED) is 0.629. The van der Waals surface area contributed by atoms with Crippen LogP contribution in [0.2, 0.25) is 5.02 Å². The predicted octanol–water partition coefficient (Wildman–Crippen LogP) is 5.49. The van der Waals surface area contributed by atoms with E-state index in [4.69, 9.17) is 16.3 Å². The van der Waals surface area contributed by atoms with Crippen molar-refractivity contribution in [3.63, 3.8) is 0 Å². The van der Waals surface area contributed by atoms with Crippen LogP contribution in [-0.2, 0) is 0 Å². The van der Waals surface area contributed by atoms with E-state index in [9.17, 15) is 0 Å². The number of rotatable bonds is 7. The van der Waals surface area contributed by atoms with Crippen LogP contribution in [0, 0.1) is 6.92 Å². The van der Waals surface area contributed by atoms with Gasteiger partial charge in [-0.15, -0.1) is 0 Å². The molecule has 0 saturated heterocycles. The summed E-state index contributed by atoms with van der Waals surface area (Å²) in [7, 11) is 1.63. The largest absolute Gasteiger partial charge is 0.495 e. The molecule has 0 spiro atoms. The smallest absolute Gasteiger partial charge is 0.224 e. The highest BCUT2D eigenvalue weighted by Gasteiger charge is 2.08. The van der Waals surface area contributed by atoms with Crippen molar-refractivity contribution < 1.29 is 4.74 Å². The maximum atomic E-state index is 6.10. The Morgan fingerprint density at radius 1 is 1.19 bits per heavy atom. The molecule has 0 unspecified atom stereocenters. The number of benzene rings is 1. The van der Waals surface area contributed by atoms with Crippen molar-refractivity contribution in [2.45, 2.75) is 39.0 Å². The minimum absolute atomic E-state index is 0.630.